The molecule has 0 fully saturated rings. The molecule has 0 N–H and O–H groups in total. The van der Waals surface area contributed by atoms with Crippen molar-refractivity contribution in [3.63, 3.8) is 0 Å². The van der Waals surface area contributed by atoms with Crippen LogP contribution >= 0.6 is 0 Å². The fraction of sp³-hybridized carbons (Fsp3) is 0.333. The maximum absolute atomic E-state index is 2.49. The van der Waals surface area contributed by atoms with Gasteiger partial charge in [0.25, 0.3) is 0 Å². The molecule has 0 heterocycles. The molecule has 0 atom stereocenters. The Morgan fingerprint density at radius 1 is 0.864 bits per heavy atom. The molecule has 0 radical (unpaired) electrons. The van der Waals surface area contributed by atoms with Crippen LogP contribution in [-0.4, -0.2) is 8.07 Å². The van der Waals surface area contributed by atoms with E-state index in [1.807, 2.05) is 0 Å². The molecule has 0 unspecified atom stereocenters. The van der Waals surface area contributed by atoms with Crippen molar-refractivity contribution in [2.75, 3.05) is 0 Å². The summed E-state index contributed by atoms with van der Waals surface area (Å²) in [6, 6.07) is 21.9. The van der Waals surface area contributed by atoms with Crippen LogP contribution in [0.15, 0.2) is 65.9 Å². The predicted octanol–water partition coefficient (Wildman–Crippen LogP) is 5.81. The van der Waals surface area contributed by atoms with Gasteiger partial charge in [0.1, 0.15) is 8.07 Å². The molecule has 0 saturated carbocycles. The zero-order valence-corrected chi connectivity index (χ0v) is 15.2. The molecule has 116 valence electrons. The number of unbranched alkanes of at least 4 members (excludes halogenated alkanes) is 2. The molecular formula is C21H28Si. The van der Waals surface area contributed by atoms with Gasteiger partial charge in [-0.25, -0.2) is 0 Å². The largest absolute Gasteiger partial charge is 0.107 e. The minimum atomic E-state index is -1.58. The fourth-order valence-electron chi connectivity index (χ4n) is 2.92. The Labute approximate surface area is 136 Å². The third-order valence-corrected chi connectivity index (χ3v) is 8.27. The van der Waals surface area contributed by atoms with E-state index in [2.05, 4.69) is 86.8 Å². The van der Waals surface area contributed by atoms with Gasteiger partial charge >= 0.3 is 0 Å². The summed E-state index contributed by atoms with van der Waals surface area (Å²) >= 11 is 0. The summed E-state index contributed by atoms with van der Waals surface area (Å²) in [5.74, 6) is 0. The van der Waals surface area contributed by atoms with Crippen LogP contribution in [0.4, 0.5) is 0 Å². The summed E-state index contributed by atoms with van der Waals surface area (Å²) in [5.41, 5.74) is 1.34. The fourth-order valence-corrected chi connectivity index (χ4v) is 5.65. The molecule has 2 aromatic rings. The second kappa shape index (κ2) is 8.14. The average molecular weight is 309 g/mol. The van der Waals surface area contributed by atoms with E-state index in [4.69, 9.17) is 0 Å². The van der Waals surface area contributed by atoms with Crippen molar-refractivity contribution in [1.29, 1.82) is 0 Å². The van der Waals surface area contributed by atoms with Crippen molar-refractivity contribution in [1.82, 2.24) is 0 Å². The van der Waals surface area contributed by atoms with E-state index in [9.17, 15) is 0 Å². The molecule has 0 aromatic heterocycles. The standard InChI is InChI=1S/C21H28Si/c1-4-5-8-17-21(18-19-13-9-6-10-14-19)22(2,3)20-15-11-7-12-16-20/h6-7,9-16,18H,4-5,8,17H2,1-3H3/b21-18-. The van der Waals surface area contributed by atoms with Crippen molar-refractivity contribution >= 4 is 19.3 Å². The van der Waals surface area contributed by atoms with Crippen LogP contribution in [0.5, 0.6) is 0 Å². The number of hydrogen-bond acceptors (Lipinski definition) is 0. The van der Waals surface area contributed by atoms with Gasteiger partial charge in [-0.3, -0.25) is 0 Å². The van der Waals surface area contributed by atoms with Crippen molar-refractivity contribution in [3.8, 4) is 0 Å². The molecule has 0 aliphatic heterocycles. The Morgan fingerprint density at radius 3 is 2.05 bits per heavy atom. The number of benzene rings is 2. The lowest BCUT2D eigenvalue weighted by atomic mass is 10.1. The highest BCUT2D eigenvalue weighted by Gasteiger charge is 2.27. The van der Waals surface area contributed by atoms with Gasteiger partial charge in [-0.05, 0) is 18.4 Å². The van der Waals surface area contributed by atoms with Crippen LogP contribution in [0.25, 0.3) is 6.08 Å². The highest BCUT2D eigenvalue weighted by atomic mass is 28.3. The van der Waals surface area contributed by atoms with Crippen LogP contribution in [0, 0.1) is 0 Å². The van der Waals surface area contributed by atoms with Gasteiger partial charge in [0, 0.05) is 0 Å². The minimum absolute atomic E-state index is 1.23. The Kier molecular flexibility index (Phi) is 6.20. The topological polar surface area (TPSA) is 0 Å². The van der Waals surface area contributed by atoms with Crippen LogP contribution in [0.2, 0.25) is 13.1 Å². The Hall–Kier alpha value is -1.60. The van der Waals surface area contributed by atoms with Gasteiger partial charge < -0.3 is 0 Å². The molecule has 22 heavy (non-hydrogen) atoms. The Bertz CT molecular complexity index is 582. The molecule has 0 aliphatic carbocycles. The first kappa shape index (κ1) is 16.8. The van der Waals surface area contributed by atoms with E-state index in [1.165, 1.54) is 36.4 Å². The molecule has 2 rings (SSSR count). The van der Waals surface area contributed by atoms with E-state index in [0.717, 1.165) is 0 Å². The van der Waals surface area contributed by atoms with Crippen LogP contribution < -0.4 is 5.19 Å². The highest BCUT2D eigenvalue weighted by Crippen LogP contribution is 2.24. The van der Waals surface area contributed by atoms with Crippen molar-refractivity contribution < 1.29 is 0 Å². The van der Waals surface area contributed by atoms with Gasteiger partial charge in [0.15, 0.2) is 0 Å². The molecule has 2 aromatic carbocycles. The molecule has 0 spiro atoms. The number of allylic oxidation sites excluding steroid dienone is 1. The van der Waals surface area contributed by atoms with Gasteiger partial charge in [-0.15, -0.1) is 0 Å². The monoisotopic (exact) mass is 308 g/mol. The summed E-state index contributed by atoms with van der Waals surface area (Å²) in [6.45, 7) is 7.26. The molecule has 0 amide bonds. The third kappa shape index (κ3) is 4.44. The predicted molar refractivity (Wildman–Crippen MR) is 102 cm³/mol. The summed E-state index contributed by atoms with van der Waals surface area (Å²) in [6.07, 6.45) is 7.60. The Balaban J connectivity index is 2.33. The molecule has 1 heteroatoms. The van der Waals surface area contributed by atoms with E-state index >= 15 is 0 Å². The van der Waals surface area contributed by atoms with Crippen molar-refractivity contribution in [3.05, 3.63) is 71.4 Å². The number of rotatable bonds is 7. The molecule has 0 bridgehead atoms. The van der Waals surface area contributed by atoms with Crippen LogP contribution in [0.3, 0.4) is 0 Å². The van der Waals surface area contributed by atoms with E-state index in [1.54, 1.807) is 5.20 Å². The summed E-state index contributed by atoms with van der Waals surface area (Å²) in [4.78, 5) is 0. The molecule has 0 nitrogen and oxygen atoms in total. The van der Waals surface area contributed by atoms with Crippen molar-refractivity contribution in [2.24, 2.45) is 0 Å². The lowest BCUT2D eigenvalue weighted by Gasteiger charge is -2.27. The first-order valence-corrected chi connectivity index (χ1v) is 11.5. The van der Waals surface area contributed by atoms with E-state index in [-0.39, 0.29) is 0 Å². The summed E-state index contributed by atoms with van der Waals surface area (Å²) in [7, 11) is -1.58. The normalized spacial score (nSPS) is 12.4. The van der Waals surface area contributed by atoms with E-state index in [0.29, 0.717) is 0 Å². The highest BCUT2D eigenvalue weighted by molar-refractivity contribution is 6.96. The summed E-state index contributed by atoms with van der Waals surface area (Å²) in [5, 5.41) is 3.20. The maximum Gasteiger partial charge on any atom is 0.107 e. The second-order valence-corrected chi connectivity index (χ2v) is 11.0. The minimum Gasteiger partial charge on any atom is -0.0755 e. The van der Waals surface area contributed by atoms with Gasteiger partial charge in [-0.1, -0.05) is 110 Å². The quantitative estimate of drug-likeness (QED) is 0.447. The van der Waals surface area contributed by atoms with E-state index < -0.39 is 8.07 Å². The van der Waals surface area contributed by atoms with Crippen molar-refractivity contribution in [2.45, 2.75) is 45.7 Å². The molecular weight excluding hydrogens is 280 g/mol. The lowest BCUT2D eigenvalue weighted by molar-refractivity contribution is 0.724. The van der Waals surface area contributed by atoms with Crippen LogP contribution in [0.1, 0.15) is 38.2 Å². The molecule has 0 aliphatic rings. The zero-order chi connectivity index (χ0) is 15.8. The summed E-state index contributed by atoms with van der Waals surface area (Å²) < 4.78 is 0. The Morgan fingerprint density at radius 2 is 1.45 bits per heavy atom. The average Bonchev–Trinajstić information content (AvgIpc) is 2.56. The maximum atomic E-state index is 2.49. The number of hydrogen-bond donors (Lipinski definition) is 0. The third-order valence-electron chi connectivity index (χ3n) is 4.49. The second-order valence-electron chi connectivity index (χ2n) is 6.53. The first-order chi connectivity index (χ1) is 10.6. The van der Waals surface area contributed by atoms with Gasteiger partial charge in [0.2, 0.25) is 0 Å². The first-order valence-electron chi connectivity index (χ1n) is 8.46. The molecule has 0 saturated heterocycles. The van der Waals surface area contributed by atoms with Gasteiger partial charge in [-0.2, -0.15) is 0 Å². The SMILES string of the molecule is CCCCC/C(=C/c1ccccc1)[Si](C)(C)c1ccccc1. The van der Waals surface area contributed by atoms with Crippen LogP contribution in [-0.2, 0) is 0 Å². The zero-order valence-electron chi connectivity index (χ0n) is 14.2. The van der Waals surface area contributed by atoms with Gasteiger partial charge in [0.05, 0.1) is 0 Å². The smallest absolute Gasteiger partial charge is 0.0755 e. The lowest BCUT2D eigenvalue weighted by Crippen LogP contribution is -2.43.